The van der Waals surface area contributed by atoms with E-state index >= 15 is 0 Å². The summed E-state index contributed by atoms with van der Waals surface area (Å²) in [4.78, 5) is 18.0. The van der Waals surface area contributed by atoms with E-state index in [1.165, 1.54) is 0 Å². The molecule has 0 aliphatic heterocycles. The molecule has 1 aromatic heterocycles. The second-order valence-corrected chi connectivity index (χ2v) is 6.63. The van der Waals surface area contributed by atoms with Gasteiger partial charge in [0, 0.05) is 37.0 Å². The smallest absolute Gasteiger partial charge is 0.227 e. The summed E-state index contributed by atoms with van der Waals surface area (Å²) >= 11 is 5.85. The summed E-state index contributed by atoms with van der Waals surface area (Å²) in [5.41, 5.74) is 0.811. The molecule has 1 aliphatic rings. The van der Waals surface area contributed by atoms with E-state index < -0.39 is 6.10 Å². The molecule has 0 radical (unpaired) electrons. The maximum absolute atomic E-state index is 12.1. The topological polar surface area (TPSA) is 79.5 Å². The standard InChI is InChI=1S/C17H20ClN3O3/c1-21(10-14(22)11-2-3-11)16(23)9-8-15-19-17(20-24-15)12-4-6-13(18)7-5-12/h4-7,11,14,22H,2-3,8-10H2,1H3. The van der Waals surface area contributed by atoms with Gasteiger partial charge in [0.1, 0.15) is 0 Å². The fourth-order valence-electron chi connectivity index (χ4n) is 2.49. The number of nitrogens with zero attached hydrogens (tertiary/aromatic N) is 3. The molecule has 1 N–H and O–H groups in total. The molecule has 2 aromatic rings. The Morgan fingerprint density at radius 1 is 1.42 bits per heavy atom. The summed E-state index contributed by atoms with van der Waals surface area (Å²) in [5, 5.41) is 14.5. The number of carbonyl (C=O) groups is 1. The minimum atomic E-state index is -0.418. The van der Waals surface area contributed by atoms with Crippen molar-refractivity contribution in [3.8, 4) is 11.4 Å². The van der Waals surface area contributed by atoms with Gasteiger partial charge in [-0.25, -0.2) is 0 Å². The molecule has 0 spiro atoms. The Kier molecular flexibility index (Phi) is 5.16. The lowest BCUT2D eigenvalue weighted by molar-refractivity contribution is -0.131. The maximum atomic E-state index is 12.1. The first-order chi connectivity index (χ1) is 11.5. The molecule has 0 bridgehead atoms. The molecule has 1 aliphatic carbocycles. The van der Waals surface area contributed by atoms with Crippen molar-refractivity contribution in [2.45, 2.75) is 31.8 Å². The average Bonchev–Trinajstić information content (AvgIpc) is 3.32. The Morgan fingerprint density at radius 2 is 2.12 bits per heavy atom. The molecule has 1 amide bonds. The molecular weight excluding hydrogens is 330 g/mol. The Hall–Kier alpha value is -1.92. The van der Waals surface area contributed by atoms with Gasteiger partial charge in [-0.15, -0.1) is 0 Å². The second kappa shape index (κ2) is 7.32. The van der Waals surface area contributed by atoms with Crippen LogP contribution in [0, 0.1) is 5.92 Å². The predicted octanol–water partition coefficient (Wildman–Crippen LogP) is 2.55. The van der Waals surface area contributed by atoms with Gasteiger partial charge in [-0.3, -0.25) is 4.79 Å². The van der Waals surface area contributed by atoms with E-state index in [2.05, 4.69) is 10.1 Å². The molecule has 3 rings (SSSR count). The number of hydrogen-bond donors (Lipinski definition) is 1. The van der Waals surface area contributed by atoms with Crippen LogP contribution in [0.25, 0.3) is 11.4 Å². The molecule has 1 heterocycles. The molecule has 0 saturated heterocycles. The second-order valence-electron chi connectivity index (χ2n) is 6.20. The number of amides is 1. The fourth-order valence-corrected chi connectivity index (χ4v) is 2.62. The average molecular weight is 350 g/mol. The Bertz CT molecular complexity index is 697. The van der Waals surface area contributed by atoms with Crippen molar-refractivity contribution in [1.82, 2.24) is 15.0 Å². The molecular formula is C17H20ClN3O3. The lowest BCUT2D eigenvalue weighted by Crippen LogP contribution is -2.35. The van der Waals surface area contributed by atoms with Gasteiger partial charge in [-0.2, -0.15) is 4.98 Å². The van der Waals surface area contributed by atoms with Crippen molar-refractivity contribution >= 4 is 17.5 Å². The maximum Gasteiger partial charge on any atom is 0.227 e. The first-order valence-electron chi connectivity index (χ1n) is 8.03. The molecule has 1 unspecified atom stereocenters. The van der Waals surface area contributed by atoms with Gasteiger partial charge in [0.25, 0.3) is 0 Å². The van der Waals surface area contributed by atoms with Crippen LogP contribution in [0.2, 0.25) is 5.02 Å². The van der Waals surface area contributed by atoms with Crippen molar-refractivity contribution in [1.29, 1.82) is 0 Å². The van der Waals surface area contributed by atoms with Crippen LogP contribution >= 0.6 is 11.6 Å². The predicted molar refractivity (Wildman–Crippen MR) is 89.4 cm³/mol. The number of aromatic nitrogens is 2. The third kappa shape index (κ3) is 4.33. The Labute approximate surface area is 145 Å². The molecule has 128 valence electrons. The summed E-state index contributed by atoms with van der Waals surface area (Å²) in [6.07, 6.45) is 2.34. The largest absolute Gasteiger partial charge is 0.391 e. The van der Waals surface area contributed by atoms with E-state index in [4.69, 9.17) is 16.1 Å². The van der Waals surface area contributed by atoms with E-state index in [9.17, 15) is 9.90 Å². The minimum Gasteiger partial charge on any atom is -0.391 e. The third-order valence-electron chi connectivity index (χ3n) is 4.18. The van der Waals surface area contributed by atoms with Gasteiger partial charge in [0.05, 0.1) is 6.10 Å². The van der Waals surface area contributed by atoms with Crippen LogP contribution < -0.4 is 0 Å². The van der Waals surface area contributed by atoms with Gasteiger partial charge in [0.2, 0.25) is 17.6 Å². The van der Waals surface area contributed by atoms with Crippen LogP contribution in [0.5, 0.6) is 0 Å². The van der Waals surface area contributed by atoms with E-state index in [1.807, 2.05) is 12.1 Å². The molecule has 1 saturated carbocycles. The molecule has 1 fully saturated rings. The molecule has 24 heavy (non-hydrogen) atoms. The molecule has 1 atom stereocenters. The molecule has 1 aromatic carbocycles. The Morgan fingerprint density at radius 3 is 2.79 bits per heavy atom. The van der Waals surface area contributed by atoms with Crippen LogP contribution in [0.15, 0.2) is 28.8 Å². The number of carbonyl (C=O) groups excluding carboxylic acids is 1. The minimum absolute atomic E-state index is 0.0408. The number of hydrogen-bond acceptors (Lipinski definition) is 5. The number of likely N-dealkylation sites (N-methyl/N-ethyl adjacent to an activating group) is 1. The normalized spacial score (nSPS) is 15.3. The zero-order valence-corrected chi connectivity index (χ0v) is 14.2. The van der Waals surface area contributed by atoms with Crippen molar-refractivity contribution in [2.75, 3.05) is 13.6 Å². The molecule has 7 heteroatoms. The van der Waals surface area contributed by atoms with E-state index in [0.717, 1.165) is 18.4 Å². The quantitative estimate of drug-likeness (QED) is 0.831. The van der Waals surface area contributed by atoms with Crippen LogP contribution in [0.4, 0.5) is 0 Å². The van der Waals surface area contributed by atoms with Crippen LogP contribution in [-0.2, 0) is 11.2 Å². The van der Waals surface area contributed by atoms with Crippen LogP contribution in [-0.4, -0.2) is 45.8 Å². The Balaban J connectivity index is 1.51. The third-order valence-corrected chi connectivity index (χ3v) is 4.43. The summed E-state index contributed by atoms with van der Waals surface area (Å²) in [7, 11) is 1.71. The van der Waals surface area contributed by atoms with E-state index in [-0.39, 0.29) is 12.3 Å². The van der Waals surface area contributed by atoms with E-state index in [0.29, 0.717) is 35.6 Å². The number of aryl methyl sites for hydroxylation is 1. The van der Waals surface area contributed by atoms with E-state index in [1.54, 1.807) is 24.1 Å². The first kappa shape index (κ1) is 16.9. The number of aliphatic hydroxyl groups is 1. The van der Waals surface area contributed by atoms with Gasteiger partial charge in [-0.05, 0) is 43.0 Å². The van der Waals surface area contributed by atoms with Gasteiger partial charge in [0.15, 0.2) is 0 Å². The van der Waals surface area contributed by atoms with Crippen LogP contribution in [0.1, 0.15) is 25.2 Å². The number of rotatable bonds is 7. The van der Waals surface area contributed by atoms with Crippen LogP contribution in [0.3, 0.4) is 0 Å². The van der Waals surface area contributed by atoms with Crippen molar-refractivity contribution in [3.63, 3.8) is 0 Å². The fraction of sp³-hybridized carbons (Fsp3) is 0.471. The lowest BCUT2D eigenvalue weighted by atomic mass is 10.2. The molecule has 6 nitrogen and oxygen atoms in total. The summed E-state index contributed by atoms with van der Waals surface area (Å²) in [5.74, 6) is 1.22. The SMILES string of the molecule is CN(CC(O)C1CC1)C(=O)CCc1nc(-c2ccc(Cl)cc2)no1. The summed E-state index contributed by atoms with van der Waals surface area (Å²) < 4.78 is 5.19. The summed E-state index contributed by atoms with van der Waals surface area (Å²) in [6.45, 7) is 0.378. The van der Waals surface area contributed by atoms with Crippen molar-refractivity contribution in [2.24, 2.45) is 5.92 Å². The zero-order chi connectivity index (χ0) is 17.1. The summed E-state index contributed by atoms with van der Waals surface area (Å²) in [6, 6.07) is 7.15. The highest BCUT2D eigenvalue weighted by molar-refractivity contribution is 6.30. The van der Waals surface area contributed by atoms with Gasteiger partial charge in [-0.1, -0.05) is 16.8 Å². The number of aliphatic hydroxyl groups excluding tert-OH is 1. The monoisotopic (exact) mass is 349 g/mol. The zero-order valence-electron chi connectivity index (χ0n) is 13.5. The van der Waals surface area contributed by atoms with Gasteiger partial charge < -0.3 is 14.5 Å². The van der Waals surface area contributed by atoms with Gasteiger partial charge >= 0.3 is 0 Å². The van der Waals surface area contributed by atoms with Crippen molar-refractivity contribution in [3.05, 3.63) is 35.2 Å². The number of halogens is 1. The highest BCUT2D eigenvalue weighted by Gasteiger charge is 2.31. The first-order valence-corrected chi connectivity index (χ1v) is 8.41. The number of benzene rings is 1. The van der Waals surface area contributed by atoms with Crippen molar-refractivity contribution < 1.29 is 14.4 Å². The highest BCUT2D eigenvalue weighted by Crippen LogP contribution is 2.32. The highest BCUT2D eigenvalue weighted by atomic mass is 35.5. The lowest BCUT2D eigenvalue weighted by Gasteiger charge is -2.20.